The lowest BCUT2D eigenvalue weighted by Gasteiger charge is -2.15. The molecule has 0 atom stereocenters. The monoisotopic (exact) mass is 311 g/mol. The lowest BCUT2D eigenvalue weighted by Crippen LogP contribution is -2.06. The standard InChI is InChI=1S/C22H17NO/c24-20-15-17-11-7-8-14-19(17)21(20)22(16-9-3-1-4-10-16)23-18-12-5-2-6-13-18/h1-14,23H,15H2. The van der Waals surface area contributed by atoms with E-state index in [1.807, 2.05) is 84.9 Å². The molecular weight excluding hydrogens is 294 g/mol. The fourth-order valence-electron chi connectivity index (χ4n) is 3.15. The van der Waals surface area contributed by atoms with Gasteiger partial charge in [0.2, 0.25) is 0 Å². The number of allylic oxidation sites excluding steroid dienone is 1. The zero-order chi connectivity index (χ0) is 16.4. The highest BCUT2D eigenvalue weighted by Gasteiger charge is 2.27. The summed E-state index contributed by atoms with van der Waals surface area (Å²) < 4.78 is 0. The molecule has 2 heteroatoms. The number of ketones is 1. The lowest BCUT2D eigenvalue weighted by atomic mass is 10.00. The van der Waals surface area contributed by atoms with Gasteiger partial charge in [-0.05, 0) is 28.8 Å². The van der Waals surface area contributed by atoms with Gasteiger partial charge < -0.3 is 5.32 Å². The Morgan fingerprint density at radius 2 is 1.38 bits per heavy atom. The molecule has 0 spiro atoms. The number of rotatable bonds is 3. The van der Waals surface area contributed by atoms with Crippen LogP contribution in [0.5, 0.6) is 0 Å². The summed E-state index contributed by atoms with van der Waals surface area (Å²) in [5, 5.41) is 3.47. The van der Waals surface area contributed by atoms with Crippen molar-refractivity contribution in [3.8, 4) is 0 Å². The lowest BCUT2D eigenvalue weighted by molar-refractivity contribution is -0.112. The molecule has 0 bridgehead atoms. The number of para-hydroxylation sites is 1. The highest BCUT2D eigenvalue weighted by atomic mass is 16.1. The predicted molar refractivity (Wildman–Crippen MR) is 98.5 cm³/mol. The van der Waals surface area contributed by atoms with E-state index in [-0.39, 0.29) is 5.78 Å². The first kappa shape index (κ1) is 14.5. The molecule has 1 aliphatic rings. The normalized spacial score (nSPS) is 15.1. The van der Waals surface area contributed by atoms with Crippen LogP contribution in [0.1, 0.15) is 16.7 Å². The summed E-state index contributed by atoms with van der Waals surface area (Å²) in [6, 6.07) is 28.1. The van der Waals surface area contributed by atoms with Crippen molar-refractivity contribution in [3.63, 3.8) is 0 Å². The van der Waals surface area contributed by atoms with Crippen LogP contribution in [-0.2, 0) is 11.2 Å². The van der Waals surface area contributed by atoms with Crippen molar-refractivity contribution in [1.82, 2.24) is 0 Å². The molecule has 2 nitrogen and oxygen atoms in total. The number of benzene rings is 3. The molecule has 0 fully saturated rings. The van der Waals surface area contributed by atoms with Crippen LogP contribution in [0.25, 0.3) is 11.3 Å². The Morgan fingerprint density at radius 3 is 2.12 bits per heavy atom. The van der Waals surface area contributed by atoms with E-state index < -0.39 is 0 Å². The molecule has 3 aromatic rings. The van der Waals surface area contributed by atoms with Crippen LogP contribution >= 0.6 is 0 Å². The number of fused-ring (bicyclic) bond motifs is 1. The summed E-state index contributed by atoms with van der Waals surface area (Å²) in [6.07, 6.45) is 0.471. The fraction of sp³-hybridized carbons (Fsp3) is 0.0455. The molecule has 0 saturated heterocycles. The molecule has 0 amide bonds. The third kappa shape index (κ3) is 2.63. The second kappa shape index (κ2) is 6.17. The molecule has 1 aliphatic carbocycles. The van der Waals surface area contributed by atoms with Crippen LogP contribution in [0.15, 0.2) is 84.9 Å². The van der Waals surface area contributed by atoms with E-state index in [9.17, 15) is 4.79 Å². The molecule has 24 heavy (non-hydrogen) atoms. The van der Waals surface area contributed by atoms with Crippen molar-refractivity contribution in [2.75, 3.05) is 5.32 Å². The molecule has 1 N–H and O–H groups in total. The fourth-order valence-corrected chi connectivity index (χ4v) is 3.15. The first-order valence-electron chi connectivity index (χ1n) is 8.06. The summed E-state index contributed by atoms with van der Waals surface area (Å²) in [5.74, 6) is 0.165. The zero-order valence-corrected chi connectivity index (χ0v) is 13.2. The van der Waals surface area contributed by atoms with Gasteiger partial charge in [0.05, 0.1) is 5.70 Å². The van der Waals surface area contributed by atoms with Crippen LogP contribution in [0.4, 0.5) is 5.69 Å². The molecule has 0 heterocycles. The molecule has 0 unspecified atom stereocenters. The van der Waals surface area contributed by atoms with Gasteiger partial charge >= 0.3 is 0 Å². The third-order valence-corrected chi connectivity index (χ3v) is 4.27. The number of carbonyl (C=O) groups excluding carboxylic acids is 1. The van der Waals surface area contributed by atoms with Gasteiger partial charge in [0.25, 0.3) is 0 Å². The minimum Gasteiger partial charge on any atom is -0.354 e. The van der Waals surface area contributed by atoms with E-state index in [1.165, 1.54) is 0 Å². The Bertz CT molecular complexity index is 911. The van der Waals surface area contributed by atoms with E-state index >= 15 is 0 Å². The van der Waals surface area contributed by atoms with Crippen molar-refractivity contribution >= 4 is 22.7 Å². The van der Waals surface area contributed by atoms with Gasteiger partial charge in [0.1, 0.15) is 0 Å². The summed E-state index contributed by atoms with van der Waals surface area (Å²) in [5.41, 5.74) is 5.77. The van der Waals surface area contributed by atoms with Gasteiger partial charge in [-0.2, -0.15) is 0 Å². The van der Waals surface area contributed by atoms with Crippen LogP contribution < -0.4 is 5.32 Å². The highest BCUT2D eigenvalue weighted by Crippen LogP contribution is 2.35. The van der Waals surface area contributed by atoms with Gasteiger partial charge in [-0.1, -0.05) is 72.8 Å². The van der Waals surface area contributed by atoms with E-state index in [2.05, 4.69) is 5.32 Å². The number of hydrogen-bond acceptors (Lipinski definition) is 2. The summed E-state index contributed by atoms with van der Waals surface area (Å²) >= 11 is 0. The SMILES string of the molecule is O=C1Cc2ccccc2C1=C(Nc1ccccc1)c1ccccc1. The molecule has 116 valence electrons. The van der Waals surface area contributed by atoms with E-state index in [1.54, 1.807) is 0 Å². The number of hydrogen-bond donors (Lipinski definition) is 1. The Balaban J connectivity index is 1.91. The van der Waals surface area contributed by atoms with E-state index in [0.29, 0.717) is 6.42 Å². The second-order valence-electron chi connectivity index (χ2n) is 5.86. The average molecular weight is 311 g/mol. The maximum Gasteiger partial charge on any atom is 0.169 e. The highest BCUT2D eigenvalue weighted by molar-refractivity contribution is 6.32. The molecular formula is C22H17NO. The third-order valence-electron chi connectivity index (χ3n) is 4.27. The van der Waals surface area contributed by atoms with Crippen molar-refractivity contribution in [2.24, 2.45) is 0 Å². The number of anilines is 1. The molecule has 3 aromatic carbocycles. The van der Waals surface area contributed by atoms with E-state index in [4.69, 9.17) is 0 Å². The Labute approximate surface area is 141 Å². The molecule has 4 rings (SSSR count). The smallest absolute Gasteiger partial charge is 0.169 e. The second-order valence-corrected chi connectivity index (χ2v) is 5.86. The van der Waals surface area contributed by atoms with Crippen molar-refractivity contribution in [1.29, 1.82) is 0 Å². The maximum absolute atomic E-state index is 12.7. The summed E-state index contributed by atoms with van der Waals surface area (Å²) in [4.78, 5) is 12.7. The average Bonchev–Trinajstić information content (AvgIpc) is 2.97. The number of Topliss-reactive ketones (excluding diaryl/α,β-unsaturated/α-hetero) is 1. The quantitative estimate of drug-likeness (QED) is 0.704. The summed E-state index contributed by atoms with van der Waals surface area (Å²) in [6.45, 7) is 0. The van der Waals surface area contributed by atoms with Crippen LogP contribution in [0.3, 0.4) is 0 Å². The minimum atomic E-state index is 0.165. The Hall–Kier alpha value is -3.13. The Morgan fingerprint density at radius 1 is 0.750 bits per heavy atom. The Kier molecular flexibility index (Phi) is 3.72. The molecule has 0 aromatic heterocycles. The summed E-state index contributed by atoms with van der Waals surface area (Å²) in [7, 11) is 0. The van der Waals surface area contributed by atoms with Gasteiger partial charge in [0.15, 0.2) is 5.78 Å². The first-order valence-corrected chi connectivity index (χ1v) is 8.06. The van der Waals surface area contributed by atoms with Crippen molar-refractivity contribution in [3.05, 3.63) is 102 Å². The van der Waals surface area contributed by atoms with Crippen molar-refractivity contribution < 1.29 is 4.79 Å². The van der Waals surface area contributed by atoms with Crippen LogP contribution in [-0.4, -0.2) is 5.78 Å². The zero-order valence-electron chi connectivity index (χ0n) is 13.2. The number of carbonyl (C=O) groups is 1. The van der Waals surface area contributed by atoms with Gasteiger partial charge in [-0.15, -0.1) is 0 Å². The minimum absolute atomic E-state index is 0.165. The van der Waals surface area contributed by atoms with Crippen LogP contribution in [0.2, 0.25) is 0 Å². The predicted octanol–water partition coefficient (Wildman–Crippen LogP) is 4.79. The van der Waals surface area contributed by atoms with Gasteiger partial charge in [-0.25, -0.2) is 0 Å². The van der Waals surface area contributed by atoms with Crippen LogP contribution in [0, 0.1) is 0 Å². The van der Waals surface area contributed by atoms with Gasteiger partial charge in [-0.3, -0.25) is 4.79 Å². The van der Waals surface area contributed by atoms with Crippen molar-refractivity contribution in [2.45, 2.75) is 6.42 Å². The molecule has 0 saturated carbocycles. The number of nitrogens with one attached hydrogen (secondary N) is 1. The largest absolute Gasteiger partial charge is 0.354 e. The molecule has 0 radical (unpaired) electrons. The maximum atomic E-state index is 12.7. The van der Waals surface area contributed by atoms with Gasteiger partial charge in [0, 0.05) is 17.7 Å². The van der Waals surface area contributed by atoms with E-state index in [0.717, 1.165) is 33.6 Å². The molecule has 0 aliphatic heterocycles. The topological polar surface area (TPSA) is 29.1 Å². The first-order chi connectivity index (χ1) is 11.8.